The summed E-state index contributed by atoms with van der Waals surface area (Å²) >= 11 is 0. The minimum Gasteiger partial charge on any atom is -0.225 e. The van der Waals surface area contributed by atoms with Crippen LogP contribution in [-0.2, 0) is 0 Å². The second-order valence-corrected chi connectivity index (χ2v) is 13.0. The molecule has 0 aliphatic rings. The summed E-state index contributed by atoms with van der Waals surface area (Å²) in [5, 5.41) is 0. The van der Waals surface area contributed by atoms with Crippen LogP contribution in [0, 0.1) is 0 Å². The van der Waals surface area contributed by atoms with Crippen LogP contribution < -0.4 is 0 Å². The number of hydrogen-bond acceptors (Lipinski definition) is 18. The van der Waals surface area contributed by atoms with Crippen LogP contribution in [0.4, 0.5) is 0 Å². The van der Waals surface area contributed by atoms with Crippen LogP contribution in [0.25, 0.3) is 102 Å². The number of rotatable bonds is 9. The van der Waals surface area contributed by atoms with E-state index in [1.807, 2.05) is 54.6 Å². The van der Waals surface area contributed by atoms with E-state index >= 15 is 0 Å². The Kier molecular flexibility index (Phi) is 9.33. The van der Waals surface area contributed by atoms with Crippen molar-refractivity contribution in [3.63, 3.8) is 0 Å². The smallest absolute Gasteiger partial charge is 0.162 e. The van der Waals surface area contributed by atoms with Gasteiger partial charge in [-0.25, -0.2) is 89.7 Å². The third-order valence-corrected chi connectivity index (χ3v) is 9.24. The maximum Gasteiger partial charge on any atom is 0.162 e. The molecule has 0 unspecified atom stereocenters. The monoisotopic (exact) mass is 780 g/mol. The summed E-state index contributed by atoms with van der Waals surface area (Å²) in [6.07, 6.45) is 17.5. The SMILES string of the molecule is c1ncnc(-c2cc(-c3cc(-c4cc(-c5ncncn5)cc(-c5ncncn5)c4)cc(-c4cc(-c5ncncn5)cc(-c5ncncn5)c4)c3)cc(-c3ncncn3)c2)n1. The predicted octanol–water partition coefficient (Wildman–Crippen LogP) is 5.80. The second-order valence-electron chi connectivity index (χ2n) is 13.0. The van der Waals surface area contributed by atoms with Crippen LogP contribution in [0.5, 0.6) is 0 Å². The topological polar surface area (TPSA) is 232 Å². The van der Waals surface area contributed by atoms with Gasteiger partial charge in [0, 0.05) is 33.4 Å². The molecule has 60 heavy (non-hydrogen) atoms. The van der Waals surface area contributed by atoms with Crippen molar-refractivity contribution in [2.24, 2.45) is 0 Å². The number of nitrogens with zero attached hydrogens (tertiary/aromatic N) is 18. The second kappa shape index (κ2) is 15.8. The van der Waals surface area contributed by atoms with E-state index in [0.717, 1.165) is 66.8 Å². The lowest BCUT2D eigenvalue weighted by atomic mass is 9.89. The molecule has 10 aromatic rings. The Morgan fingerprint density at radius 1 is 0.150 bits per heavy atom. The first-order valence-corrected chi connectivity index (χ1v) is 18.1. The van der Waals surface area contributed by atoms with E-state index in [4.69, 9.17) is 0 Å². The fourth-order valence-electron chi connectivity index (χ4n) is 6.61. The number of aromatic nitrogens is 18. The van der Waals surface area contributed by atoms with Gasteiger partial charge >= 0.3 is 0 Å². The van der Waals surface area contributed by atoms with Crippen LogP contribution in [-0.4, -0.2) is 89.7 Å². The summed E-state index contributed by atoms with van der Waals surface area (Å²) in [5.41, 5.74) is 9.49. The van der Waals surface area contributed by atoms with Gasteiger partial charge < -0.3 is 0 Å². The Labute approximate surface area is 339 Å². The first-order chi connectivity index (χ1) is 29.7. The molecular weight excluding hydrogens is 757 g/mol. The van der Waals surface area contributed by atoms with Crippen molar-refractivity contribution < 1.29 is 0 Å². The summed E-state index contributed by atoms with van der Waals surface area (Å²) in [4.78, 5) is 77.7. The van der Waals surface area contributed by atoms with Crippen LogP contribution in [0.1, 0.15) is 0 Å². The van der Waals surface area contributed by atoms with E-state index in [1.165, 1.54) is 75.9 Å². The molecule has 0 bridgehead atoms. The highest BCUT2D eigenvalue weighted by Gasteiger charge is 2.17. The molecular formula is C42H24N18. The van der Waals surface area contributed by atoms with Crippen LogP contribution in [0.2, 0.25) is 0 Å². The molecule has 0 aliphatic carbocycles. The molecule has 0 amide bonds. The van der Waals surface area contributed by atoms with Crippen molar-refractivity contribution >= 4 is 0 Å². The zero-order chi connectivity index (χ0) is 40.1. The molecule has 10 rings (SSSR count). The van der Waals surface area contributed by atoms with Crippen LogP contribution >= 0.6 is 0 Å². The van der Waals surface area contributed by atoms with Crippen molar-refractivity contribution in [1.82, 2.24) is 89.7 Å². The Hall–Kier alpha value is -9.06. The van der Waals surface area contributed by atoms with Gasteiger partial charge in [-0.15, -0.1) is 0 Å². The largest absolute Gasteiger partial charge is 0.225 e. The molecule has 0 atom stereocenters. The standard InChI is InChI=1S/C42H24N18/c1-25(28-4-31(37-49-13-43-14-50-37)10-32(5-28)38-51-15-44-16-52-38)2-27(30-8-35(41-57-21-47-22-58-41)12-36(9-30)42-59-23-48-24-60-42)3-26(1)29-6-33(39-53-17-45-18-54-39)11-34(7-29)40-55-19-46-20-56-40/h1-24H. The lowest BCUT2D eigenvalue weighted by molar-refractivity contribution is 1.05. The summed E-state index contributed by atoms with van der Waals surface area (Å²) < 4.78 is 0. The number of hydrogen-bond donors (Lipinski definition) is 0. The predicted molar refractivity (Wildman–Crippen MR) is 216 cm³/mol. The molecule has 6 heterocycles. The van der Waals surface area contributed by atoms with Crippen molar-refractivity contribution in [3.05, 3.63) is 149 Å². The average molecular weight is 781 g/mol. The van der Waals surface area contributed by atoms with Gasteiger partial charge in [0.05, 0.1) is 0 Å². The van der Waals surface area contributed by atoms with Gasteiger partial charge in [0.15, 0.2) is 34.9 Å². The molecule has 0 saturated carbocycles. The van der Waals surface area contributed by atoms with Crippen molar-refractivity contribution in [2.75, 3.05) is 0 Å². The van der Waals surface area contributed by atoms with Gasteiger partial charge in [-0.05, 0) is 106 Å². The molecule has 0 radical (unpaired) electrons. The molecule has 0 spiro atoms. The van der Waals surface area contributed by atoms with E-state index in [1.54, 1.807) is 0 Å². The molecule has 0 N–H and O–H groups in total. The van der Waals surface area contributed by atoms with Gasteiger partial charge in [0.1, 0.15) is 75.9 Å². The minimum atomic E-state index is 0.484. The van der Waals surface area contributed by atoms with Crippen LogP contribution in [0.3, 0.4) is 0 Å². The van der Waals surface area contributed by atoms with Gasteiger partial charge in [0.2, 0.25) is 0 Å². The Morgan fingerprint density at radius 2 is 0.267 bits per heavy atom. The Bertz CT molecular complexity index is 2560. The molecule has 6 aromatic heterocycles. The van der Waals surface area contributed by atoms with Crippen molar-refractivity contribution in [1.29, 1.82) is 0 Å². The highest BCUT2D eigenvalue weighted by atomic mass is 15.0. The molecule has 4 aromatic carbocycles. The molecule has 0 fully saturated rings. The summed E-state index contributed by atoms with van der Waals surface area (Å²) in [6, 6.07) is 24.3. The fourth-order valence-corrected chi connectivity index (χ4v) is 6.61. The van der Waals surface area contributed by atoms with Crippen molar-refractivity contribution in [2.45, 2.75) is 0 Å². The van der Waals surface area contributed by atoms with E-state index in [9.17, 15) is 0 Å². The lowest BCUT2D eigenvalue weighted by Crippen LogP contribution is -1.96. The first kappa shape index (κ1) is 35.4. The zero-order valence-electron chi connectivity index (χ0n) is 30.9. The zero-order valence-corrected chi connectivity index (χ0v) is 30.9. The fraction of sp³-hybridized carbons (Fsp3) is 0. The Morgan fingerprint density at radius 3 is 0.417 bits per heavy atom. The van der Waals surface area contributed by atoms with Gasteiger partial charge in [-0.3, -0.25) is 0 Å². The Balaban J connectivity index is 1.24. The maximum atomic E-state index is 4.46. The van der Waals surface area contributed by atoms with E-state index in [0.29, 0.717) is 34.9 Å². The average Bonchev–Trinajstić information content (AvgIpc) is 3.35. The van der Waals surface area contributed by atoms with Crippen molar-refractivity contribution in [3.8, 4) is 102 Å². The normalized spacial score (nSPS) is 11.0. The van der Waals surface area contributed by atoms with E-state index in [2.05, 4.69) is 108 Å². The molecule has 282 valence electrons. The molecule has 18 heteroatoms. The molecule has 0 saturated heterocycles. The van der Waals surface area contributed by atoms with E-state index < -0.39 is 0 Å². The first-order valence-electron chi connectivity index (χ1n) is 18.1. The maximum absolute atomic E-state index is 4.46. The van der Waals surface area contributed by atoms with E-state index in [-0.39, 0.29) is 0 Å². The van der Waals surface area contributed by atoms with Gasteiger partial charge in [-0.1, -0.05) is 0 Å². The molecule has 0 aliphatic heterocycles. The molecule has 18 nitrogen and oxygen atoms in total. The third-order valence-electron chi connectivity index (χ3n) is 9.24. The summed E-state index contributed by atoms with van der Waals surface area (Å²) in [5.74, 6) is 2.90. The van der Waals surface area contributed by atoms with Gasteiger partial charge in [0.25, 0.3) is 0 Å². The highest BCUT2D eigenvalue weighted by Crippen LogP contribution is 2.39. The highest BCUT2D eigenvalue weighted by molar-refractivity contribution is 5.88. The summed E-state index contributed by atoms with van der Waals surface area (Å²) in [6.45, 7) is 0. The van der Waals surface area contributed by atoms with Crippen LogP contribution in [0.15, 0.2) is 149 Å². The third kappa shape index (κ3) is 7.44. The minimum absolute atomic E-state index is 0.484. The lowest BCUT2D eigenvalue weighted by Gasteiger charge is -2.16. The number of benzene rings is 4. The van der Waals surface area contributed by atoms with Gasteiger partial charge in [-0.2, -0.15) is 0 Å². The summed E-state index contributed by atoms with van der Waals surface area (Å²) in [7, 11) is 0. The quantitative estimate of drug-likeness (QED) is 0.168.